The highest BCUT2D eigenvalue weighted by atomic mass is 19.4. The van der Waals surface area contributed by atoms with Crippen molar-refractivity contribution in [1.29, 1.82) is 0 Å². The smallest absolute Gasteiger partial charge is 0.338 e. The van der Waals surface area contributed by atoms with Gasteiger partial charge in [0.1, 0.15) is 0 Å². The lowest BCUT2D eigenvalue weighted by Crippen LogP contribution is -2.17. The fraction of sp³-hybridized carbons (Fsp3) is 0.263. The largest absolute Gasteiger partial charge is 0.416 e. The third-order valence-electron chi connectivity index (χ3n) is 3.92. The lowest BCUT2D eigenvalue weighted by molar-refractivity contribution is -0.137. The van der Waals surface area contributed by atoms with Gasteiger partial charge in [-0.25, -0.2) is 0 Å². The molecule has 3 rings (SSSR count). The van der Waals surface area contributed by atoms with E-state index < -0.39 is 11.7 Å². The van der Waals surface area contributed by atoms with E-state index in [-0.39, 0.29) is 5.82 Å². The Bertz CT molecular complexity index is 855. The van der Waals surface area contributed by atoms with E-state index in [1.807, 2.05) is 18.9 Å². The van der Waals surface area contributed by atoms with Crippen molar-refractivity contribution in [1.82, 2.24) is 15.0 Å². The average molecular weight is 361 g/mol. The van der Waals surface area contributed by atoms with E-state index in [9.17, 15) is 13.2 Å². The van der Waals surface area contributed by atoms with Crippen LogP contribution in [0.1, 0.15) is 22.6 Å². The molecule has 3 aromatic rings. The molecule has 0 fully saturated rings. The molecular weight excluding hydrogens is 343 g/mol. The summed E-state index contributed by atoms with van der Waals surface area (Å²) in [5.74, 6) is 0.687. The molecule has 0 aliphatic heterocycles. The van der Waals surface area contributed by atoms with Crippen LogP contribution in [0.15, 0.2) is 53.1 Å². The first kappa shape index (κ1) is 18.1. The van der Waals surface area contributed by atoms with E-state index in [1.165, 1.54) is 23.3 Å². The van der Waals surface area contributed by atoms with Gasteiger partial charge in [-0.2, -0.15) is 18.2 Å². The molecule has 1 aromatic heterocycles. The summed E-state index contributed by atoms with van der Waals surface area (Å²) in [6, 6.07) is 12.9. The van der Waals surface area contributed by atoms with Crippen molar-refractivity contribution in [2.45, 2.75) is 26.2 Å². The summed E-state index contributed by atoms with van der Waals surface area (Å²) in [6.45, 7) is 3.20. The van der Waals surface area contributed by atoms with Gasteiger partial charge in [-0.3, -0.25) is 4.90 Å². The molecule has 0 aliphatic carbocycles. The minimum Gasteiger partial charge on any atom is -0.338 e. The second-order valence-electron chi connectivity index (χ2n) is 6.24. The minimum atomic E-state index is -4.36. The molecule has 26 heavy (non-hydrogen) atoms. The number of hydrogen-bond donors (Lipinski definition) is 0. The third-order valence-corrected chi connectivity index (χ3v) is 3.92. The van der Waals surface area contributed by atoms with Crippen molar-refractivity contribution in [3.8, 4) is 11.4 Å². The number of aryl methyl sites for hydroxylation is 1. The lowest BCUT2D eigenvalue weighted by Gasteiger charge is -2.14. The maximum Gasteiger partial charge on any atom is 0.416 e. The summed E-state index contributed by atoms with van der Waals surface area (Å²) in [6.07, 6.45) is -4.36. The standard InChI is InChI=1S/C19H18F3N3O/c1-13-3-5-14(6-4-13)11-25(2)12-17-23-18(24-26-17)15-7-9-16(10-8-15)19(20,21)22/h3-10H,11-12H2,1-2H3. The summed E-state index contributed by atoms with van der Waals surface area (Å²) in [7, 11) is 1.93. The molecule has 136 valence electrons. The predicted octanol–water partition coefficient (Wildman–Crippen LogP) is 4.70. The monoisotopic (exact) mass is 361 g/mol. The number of nitrogens with zero attached hydrogens (tertiary/aromatic N) is 3. The zero-order chi connectivity index (χ0) is 18.7. The Hall–Kier alpha value is -2.67. The van der Waals surface area contributed by atoms with E-state index >= 15 is 0 Å². The van der Waals surface area contributed by atoms with E-state index in [2.05, 4.69) is 34.4 Å². The van der Waals surface area contributed by atoms with Crippen molar-refractivity contribution in [2.75, 3.05) is 7.05 Å². The number of hydrogen-bond acceptors (Lipinski definition) is 4. The van der Waals surface area contributed by atoms with Gasteiger partial charge in [0.15, 0.2) is 0 Å². The van der Waals surface area contributed by atoms with Gasteiger partial charge >= 0.3 is 6.18 Å². The normalized spacial score (nSPS) is 11.9. The Morgan fingerprint density at radius 3 is 2.23 bits per heavy atom. The maximum atomic E-state index is 12.6. The number of alkyl halides is 3. The van der Waals surface area contributed by atoms with Crippen LogP contribution in [0.25, 0.3) is 11.4 Å². The highest BCUT2D eigenvalue weighted by Crippen LogP contribution is 2.30. The SMILES string of the molecule is Cc1ccc(CN(C)Cc2nc(-c3ccc(C(F)(F)F)cc3)no2)cc1. The molecule has 0 N–H and O–H groups in total. The Labute approximate surface area is 149 Å². The maximum absolute atomic E-state index is 12.6. The summed E-state index contributed by atoms with van der Waals surface area (Å²) >= 11 is 0. The first-order valence-corrected chi connectivity index (χ1v) is 8.05. The van der Waals surface area contributed by atoms with Gasteiger partial charge in [0, 0.05) is 12.1 Å². The van der Waals surface area contributed by atoms with Crippen LogP contribution in [0.5, 0.6) is 0 Å². The highest BCUT2D eigenvalue weighted by Gasteiger charge is 2.30. The molecule has 0 unspecified atom stereocenters. The van der Waals surface area contributed by atoms with Crippen LogP contribution in [-0.2, 0) is 19.3 Å². The number of aromatic nitrogens is 2. The molecule has 4 nitrogen and oxygen atoms in total. The highest BCUT2D eigenvalue weighted by molar-refractivity contribution is 5.54. The Morgan fingerprint density at radius 2 is 1.62 bits per heavy atom. The average Bonchev–Trinajstić information content (AvgIpc) is 3.04. The van der Waals surface area contributed by atoms with Gasteiger partial charge in [0.25, 0.3) is 0 Å². The molecule has 7 heteroatoms. The second-order valence-corrected chi connectivity index (χ2v) is 6.24. The van der Waals surface area contributed by atoms with Crippen molar-refractivity contribution < 1.29 is 17.7 Å². The Kier molecular flexibility index (Phi) is 5.08. The van der Waals surface area contributed by atoms with Gasteiger partial charge in [0.2, 0.25) is 11.7 Å². The predicted molar refractivity (Wildman–Crippen MR) is 91.1 cm³/mol. The van der Waals surface area contributed by atoms with Crippen LogP contribution < -0.4 is 0 Å². The number of benzene rings is 2. The molecule has 0 saturated carbocycles. The van der Waals surface area contributed by atoms with Gasteiger partial charge in [0.05, 0.1) is 12.1 Å². The van der Waals surface area contributed by atoms with Crippen molar-refractivity contribution in [3.63, 3.8) is 0 Å². The first-order valence-electron chi connectivity index (χ1n) is 8.05. The van der Waals surface area contributed by atoms with Crippen LogP contribution in [0.2, 0.25) is 0 Å². The summed E-state index contributed by atoms with van der Waals surface area (Å²) in [4.78, 5) is 6.29. The zero-order valence-electron chi connectivity index (χ0n) is 14.4. The fourth-order valence-corrected chi connectivity index (χ4v) is 2.54. The van der Waals surface area contributed by atoms with E-state index in [0.29, 0.717) is 18.0 Å². The Balaban J connectivity index is 1.65. The number of halogens is 3. The van der Waals surface area contributed by atoms with E-state index in [1.54, 1.807) is 0 Å². The summed E-state index contributed by atoms with van der Waals surface area (Å²) in [5, 5.41) is 3.86. The molecule has 0 spiro atoms. The molecule has 0 radical (unpaired) electrons. The molecule has 0 atom stereocenters. The number of rotatable bonds is 5. The van der Waals surface area contributed by atoms with Gasteiger partial charge in [-0.1, -0.05) is 47.1 Å². The second kappa shape index (κ2) is 7.29. The van der Waals surface area contributed by atoms with Crippen LogP contribution in [0, 0.1) is 6.92 Å². The van der Waals surface area contributed by atoms with E-state index in [4.69, 9.17) is 4.52 Å². The van der Waals surface area contributed by atoms with Crippen molar-refractivity contribution in [2.24, 2.45) is 0 Å². The topological polar surface area (TPSA) is 42.2 Å². The molecule has 1 heterocycles. The molecule has 0 saturated heterocycles. The van der Waals surface area contributed by atoms with Crippen LogP contribution in [-0.4, -0.2) is 22.1 Å². The third kappa shape index (κ3) is 4.49. The van der Waals surface area contributed by atoms with Crippen LogP contribution >= 0.6 is 0 Å². The quantitative estimate of drug-likeness (QED) is 0.661. The zero-order valence-corrected chi connectivity index (χ0v) is 14.4. The molecule has 0 bridgehead atoms. The lowest BCUT2D eigenvalue weighted by atomic mass is 10.1. The van der Waals surface area contributed by atoms with Crippen LogP contribution in [0.4, 0.5) is 13.2 Å². The van der Waals surface area contributed by atoms with Gasteiger partial charge in [-0.15, -0.1) is 0 Å². The van der Waals surface area contributed by atoms with E-state index in [0.717, 1.165) is 18.7 Å². The summed E-state index contributed by atoms with van der Waals surface area (Å²) in [5.41, 5.74) is 2.15. The minimum absolute atomic E-state index is 0.275. The fourth-order valence-electron chi connectivity index (χ4n) is 2.54. The van der Waals surface area contributed by atoms with Gasteiger partial charge < -0.3 is 4.52 Å². The van der Waals surface area contributed by atoms with Crippen molar-refractivity contribution in [3.05, 3.63) is 71.1 Å². The molecule has 2 aromatic carbocycles. The first-order chi connectivity index (χ1) is 12.3. The Morgan fingerprint density at radius 1 is 0.962 bits per heavy atom. The molecular formula is C19H18F3N3O. The molecule has 0 amide bonds. The molecule has 0 aliphatic rings. The van der Waals surface area contributed by atoms with Crippen LogP contribution in [0.3, 0.4) is 0 Å². The van der Waals surface area contributed by atoms with Crippen molar-refractivity contribution >= 4 is 0 Å². The summed E-state index contributed by atoms with van der Waals surface area (Å²) < 4.78 is 43.1. The van der Waals surface area contributed by atoms with Gasteiger partial charge in [-0.05, 0) is 31.7 Å².